The lowest BCUT2D eigenvalue weighted by molar-refractivity contribution is 0.0948. The highest BCUT2D eigenvalue weighted by Gasteiger charge is 2.11. The van der Waals surface area contributed by atoms with Crippen LogP contribution in [0.1, 0.15) is 15.9 Å². The number of carbonyl (C=O) groups excluding carboxylic acids is 1. The van der Waals surface area contributed by atoms with E-state index in [2.05, 4.69) is 5.32 Å². The maximum Gasteiger partial charge on any atom is 0.255 e. The maximum absolute atomic E-state index is 11.8. The minimum atomic E-state index is -0.326. The summed E-state index contributed by atoms with van der Waals surface area (Å²) in [7, 11) is 1.91. The number of aryl methyl sites for hydroxylation is 1. The van der Waals surface area contributed by atoms with Gasteiger partial charge in [0.2, 0.25) is 0 Å². The van der Waals surface area contributed by atoms with Crippen molar-refractivity contribution >= 4 is 17.5 Å². The Kier molecular flexibility index (Phi) is 3.58. The summed E-state index contributed by atoms with van der Waals surface area (Å²) in [5.41, 5.74) is 1.22. The molecule has 1 heterocycles. The van der Waals surface area contributed by atoms with Crippen LogP contribution in [0.5, 0.6) is 5.75 Å². The first-order chi connectivity index (χ1) is 8.56. The van der Waals surface area contributed by atoms with E-state index in [-0.39, 0.29) is 17.2 Å². The first-order valence-electron chi connectivity index (χ1n) is 5.44. The van der Waals surface area contributed by atoms with Gasteiger partial charge in [-0.3, -0.25) is 4.79 Å². The minimum absolute atomic E-state index is 0.118. The van der Waals surface area contributed by atoms with Crippen LogP contribution in [0, 0.1) is 0 Å². The van der Waals surface area contributed by atoms with Crippen molar-refractivity contribution in [2.75, 3.05) is 0 Å². The average molecular weight is 265 g/mol. The lowest BCUT2D eigenvalue weighted by Crippen LogP contribution is -2.22. The molecule has 2 aromatic rings. The minimum Gasteiger partial charge on any atom is -0.507 e. The zero-order valence-electron chi connectivity index (χ0n) is 9.85. The second-order valence-corrected chi connectivity index (χ2v) is 4.47. The number of amides is 1. The summed E-state index contributed by atoms with van der Waals surface area (Å²) in [4.78, 5) is 11.8. The molecule has 1 amide bonds. The highest BCUT2D eigenvalue weighted by Crippen LogP contribution is 2.21. The highest BCUT2D eigenvalue weighted by molar-refractivity contribution is 6.30. The Labute approximate surface area is 110 Å². The molecule has 2 N–H and O–H groups in total. The topological polar surface area (TPSA) is 54.3 Å². The van der Waals surface area contributed by atoms with E-state index in [4.69, 9.17) is 11.6 Å². The van der Waals surface area contributed by atoms with Gasteiger partial charge in [-0.1, -0.05) is 11.6 Å². The number of benzene rings is 1. The van der Waals surface area contributed by atoms with Crippen molar-refractivity contribution in [3.05, 3.63) is 52.8 Å². The Morgan fingerprint density at radius 3 is 2.83 bits per heavy atom. The number of hydrogen-bond acceptors (Lipinski definition) is 2. The Morgan fingerprint density at radius 2 is 2.22 bits per heavy atom. The van der Waals surface area contributed by atoms with Crippen molar-refractivity contribution in [3.8, 4) is 5.75 Å². The van der Waals surface area contributed by atoms with Gasteiger partial charge >= 0.3 is 0 Å². The van der Waals surface area contributed by atoms with Gasteiger partial charge in [-0.05, 0) is 29.8 Å². The first kappa shape index (κ1) is 12.5. The number of hydrogen-bond donors (Lipinski definition) is 2. The number of carbonyl (C=O) groups is 1. The van der Waals surface area contributed by atoms with E-state index in [1.54, 1.807) is 6.07 Å². The molecule has 4 nitrogen and oxygen atoms in total. The van der Waals surface area contributed by atoms with Crippen LogP contribution >= 0.6 is 11.6 Å². The van der Waals surface area contributed by atoms with E-state index in [1.807, 2.05) is 30.1 Å². The molecule has 2 rings (SSSR count). The molecule has 1 aromatic heterocycles. The molecule has 0 aliphatic rings. The monoisotopic (exact) mass is 264 g/mol. The van der Waals surface area contributed by atoms with Crippen LogP contribution in [0.25, 0.3) is 0 Å². The highest BCUT2D eigenvalue weighted by atomic mass is 35.5. The third-order valence-corrected chi connectivity index (χ3v) is 2.79. The Bertz CT molecular complexity index is 578. The normalized spacial score (nSPS) is 10.3. The molecule has 0 atom stereocenters. The van der Waals surface area contributed by atoms with Crippen LogP contribution < -0.4 is 5.32 Å². The second kappa shape index (κ2) is 5.14. The fourth-order valence-corrected chi connectivity index (χ4v) is 1.81. The quantitative estimate of drug-likeness (QED) is 0.894. The average Bonchev–Trinajstić information content (AvgIpc) is 2.72. The molecule has 0 aliphatic carbocycles. The van der Waals surface area contributed by atoms with Crippen LogP contribution in [0.4, 0.5) is 0 Å². The maximum atomic E-state index is 11.8. The van der Waals surface area contributed by atoms with Crippen molar-refractivity contribution in [1.29, 1.82) is 0 Å². The number of halogens is 1. The van der Waals surface area contributed by atoms with Crippen LogP contribution in [-0.2, 0) is 13.6 Å². The summed E-state index contributed by atoms with van der Waals surface area (Å²) in [5.74, 6) is -0.443. The van der Waals surface area contributed by atoms with Crippen LogP contribution in [-0.4, -0.2) is 15.6 Å². The smallest absolute Gasteiger partial charge is 0.255 e. The lowest BCUT2D eigenvalue weighted by Gasteiger charge is -2.06. The van der Waals surface area contributed by atoms with Gasteiger partial charge in [0.05, 0.1) is 5.56 Å². The van der Waals surface area contributed by atoms with Gasteiger partial charge in [-0.2, -0.15) is 0 Å². The SMILES string of the molecule is Cn1ccc(CNC(=O)c2ccc(Cl)cc2O)c1. The summed E-state index contributed by atoms with van der Waals surface area (Å²) in [6, 6.07) is 6.33. The molecule has 0 bridgehead atoms. The molecule has 0 saturated heterocycles. The van der Waals surface area contributed by atoms with Crippen LogP contribution in [0.2, 0.25) is 5.02 Å². The molecule has 0 unspecified atom stereocenters. The molecule has 0 aliphatic heterocycles. The van der Waals surface area contributed by atoms with Gasteiger partial charge in [0.15, 0.2) is 0 Å². The van der Waals surface area contributed by atoms with Crippen molar-refractivity contribution in [1.82, 2.24) is 9.88 Å². The number of aromatic hydroxyl groups is 1. The fraction of sp³-hybridized carbons (Fsp3) is 0.154. The molecule has 0 fully saturated rings. The van der Waals surface area contributed by atoms with Crippen LogP contribution in [0.15, 0.2) is 36.7 Å². The van der Waals surface area contributed by atoms with E-state index in [1.165, 1.54) is 12.1 Å². The van der Waals surface area contributed by atoms with Gasteiger partial charge in [0.1, 0.15) is 5.75 Å². The third kappa shape index (κ3) is 2.84. The van der Waals surface area contributed by atoms with Crippen molar-refractivity contribution in [3.63, 3.8) is 0 Å². The fourth-order valence-electron chi connectivity index (χ4n) is 1.64. The van der Waals surface area contributed by atoms with Crippen molar-refractivity contribution in [2.45, 2.75) is 6.54 Å². The van der Waals surface area contributed by atoms with Crippen molar-refractivity contribution in [2.24, 2.45) is 7.05 Å². The van der Waals surface area contributed by atoms with Gasteiger partial charge in [-0.25, -0.2) is 0 Å². The number of nitrogens with one attached hydrogen (secondary N) is 1. The number of rotatable bonds is 3. The predicted octanol–water partition coefficient (Wildman–Crippen LogP) is 2.31. The summed E-state index contributed by atoms with van der Waals surface area (Å²) in [6.07, 6.45) is 3.82. The van der Waals surface area contributed by atoms with E-state index in [9.17, 15) is 9.90 Å². The zero-order chi connectivity index (χ0) is 13.1. The molecular formula is C13H13ClN2O2. The van der Waals surface area contributed by atoms with Crippen molar-refractivity contribution < 1.29 is 9.90 Å². The zero-order valence-corrected chi connectivity index (χ0v) is 10.6. The van der Waals surface area contributed by atoms with E-state index in [0.29, 0.717) is 11.6 Å². The molecule has 1 aromatic carbocycles. The summed E-state index contributed by atoms with van der Waals surface area (Å²) in [6.45, 7) is 0.418. The third-order valence-electron chi connectivity index (χ3n) is 2.55. The van der Waals surface area contributed by atoms with E-state index < -0.39 is 0 Å². The van der Waals surface area contributed by atoms with Gasteiger partial charge in [0, 0.05) is 31.0 Å². The standard InChI is InChI=1S/C13H13ClN2O2/c1-16-5-4-9(8-16)7-15-13(18)11-3-2-10(14)6-12(11)17/h2-6,8,17H,7H2,1H3,(H,15,18). The number of phenols is 1. The number of aromatic nitrogens is 1. The number of phenolic OH excluding ortho intramolecular Hbond substituents is 1. The molecule has 0 saturated carbocycles. The predicted molar refractivity (Wildman–Crippen MR) is 69.7 cm³/mol. The van der Waals surface area contributed by atoms with Gasteiger partial charge in [-0.15, -0.1) is 0 Å². The molecular weight excluding hydrogens is 252 g/mol. The largest absolute Gasteiger partial charge is 0.507 e. The second-order valence-electron chi connectivity index (χ2n) is 4.03. The molecule has 5 heteroatoms. The lowest BCUT2D eigenvalue weighted by atomic mass is 10.2. The Hall–Kier alpha value is -1.94. The number of nitrogens with zero attached hydrogens (tertiary/aromatic N) is 1. The summed E-state index contributed by atoms with van der Waals surface area (Å²) >= 11 is 5.70. The molecule has 94 valence electrons. The van der Waals surface area contributed by atoms with Gasteiger partial charge < -0.3 is 15.0 Å². The summed E-state index contributed by atoms with van der Waals surface area (Å²) in [5, 5.41) is 12.7. The molecule has 0 radical (unpaired) electrons. The molecule has 18 heavy (non-hydrogen) atoms. The van der Waals surface area contributed by atoms with Gasteiger partial charge in [0.25, 0.3) is 5.91 Å². The van der Waals surface area contributed by atoms with E-state index >= 15 is 0 Å². The molecule has 0 spiro atoms. The Morgan fingerprint density at radius 1 is 1.44 bits per heavy atom. The van der Waals surface area contributed by atoms with E-state index in [0.717, 1.165) is 5.56 Å². The first-order valence-corrected chi connectivity index (χ1v) is 5.81. The Balaban J connectivity index is 2.03. The van der Waals surface area contributed by atoms with Crippen LogP contribution in [0.3, 0.4) is 0 Å². The summed E-state index contributed by atoms with van der Waals surface area (Å²) < 4.78 is 1.90.